The maximum atomic E-state index is 13.0. The van der Waals surface area contributed by atoms with E-state index in [-0.39, 0.29) is 17.7 Å². The number of carbonyl (C=O) groups excluding carboxylic acids is 2. The molecule has 2 aromatic heterocycles. The molecule has 9 nitrogen and oxygen atoms in total. The fraction of sp³-hybridized carbons (Fsp3) is 0.269. The molecule has 4 aromatic rings. The molecule has 1 fully saturated rings. The zero-order valence-electron chi connectivity index (χ0n) is 20.5. The van der Waals surface area contributed by atoms with Crippen molar-refractivity contribution in [1.82, 2.24) is 24.6 Å². The van der Waals surface area contributed by atoms with E-state index >= 15 is 0 Å². The van der Waals surface area contributed by atoms with Crippen LogP contribution in [0.2, 0.25) is 5.02 Å². The smallest absolute Gasteiger partial charge is 0.273 e. The van der Waals surface area contributed by atoms with Gasteiger partial charge in [-0.05, 0) is 37.1 Å². The van der Waals surface area contributed by atoms with E-state index in [2.05, 4.69) is 15.2 Å². The Kier molecular flexibility index (Phi) is 7.96. The predicted molar refractivity (Wildman–Crippen MR) is 148 cm³/mol. The highest BCUT2D eigenvalue weighted by Crippen LogP contribution is 2.36. The number of primary amides is 1. The molecule has 196 valence electrons. The molecule has 0 saturated carbocycles. The van der Waals surface area contributed by atoms with Gasteiger partial charge in [0.2, 0.25) is 5.91 Å². The lowest BCUT2D eigenvalue weighted by Crippen LogP contribution is -2.41. The number of likely N-dealkylation sites (tertiary alicyclic amines) is 1. The van der Waals surface area contributed by atoms with E-state index in [0.29, 0.717) is 59.1 Å². The van der Waals surface area contributed by atoms with Crippen LogP contribution in [-0.2, 0) is 10.5 Å². The molecule has 0 bridgehead atoms. The first-order chi connectivity index (χ1) is 18.5. The highest BCUT2D eigenvalue weighted by atomic mass is 35.5. The highest BCUT2D eigenvalue weighted by molar-refractivity contribution is 7.98. The molecule has 2 N–H and O–H groups in total. The average Bonchev–Trinajstić information content (AvgIpc) is 3.59. The predicted octanol–water partition coefficient (Wildman–Crippen LogP) is 4.68. The van der Waals surface area contributed by atoms with Crippen molar-refractivity contribution < 1.29 is 14.3 Å². The van der Waals surface area contributed by atoms with Gasteiger partial charge in [-0.15, -0.1) is 21.5 Å². The number of thioether (sulfide) groups is 1. The standard InChI is InChI=1S/C26H25ClN6O3S2/c1-36-21-9-5-4-8-20(21)33-24(17-6-2-3-7-18(17)27)30-31-26(33)38-15-22-29-19(14-37-22)25(35)32-12-10-16(11-13-32)23(28)34/h2-9,14,16H,10-13,15H2,1H3,(H2,28,34). The lowest BCUT2D eigenvalue weighted by molar-refractivity contribution is -0.123. The molecule has 1 saturated heterocycles. The molecule has 0 spiro atoms. The summed E-state index contributed by atoms with van der Waals surface area (Å²) in [6.07, 6.45) is 1.17. The van der Waals surface area contributed by atoms with Crippen LogP contribution in [0, 0.1) is 5.92 Å². The molecule has 2 aromatic carbocycles. The van der Waals surface area contributed by atoms with Crippen molar-refractivity contribution in [2.24, 2.45) is 11.7 Å². The summed E-state index contributed by atoms with van der Waals surface area (Å²) < 4.78 is 7.54. The van der Waals surface area contributed by atoms with Gasteiger partial charge in [0.05, 0.1) is 23.6 Å². The minimum atomic E-state index is -0.302. The zero-order chi connectivity index (χ0) is 26.6. The third-order valence-electron chi connectivity index (χ3n) is 6.35. The molecule has 0 atom stereocenters. The van der Waals surface area contributed by atoms with Crippen molar-refractivity contribution in [2.45, 2.75) is 23.8 Å². The molecule has 12 heteroatoms. The molecule has 2 amide bonds. The van der Waals surface area contributed by atoms with Gasteiger partial charge in [-0.2, -0.15) is 0 Å². The summed E-state index contributed by atoms with van der Waals surface area (Å²) in [4.78, 5) is 30.7. The summed E-state index contributed by atoms with van der Waals surface area (Å²) in [5, 5.41) is 12.7. The van der Waals surface area contributed by atoms with Crippen molar-refractivity contribution in [3.05, 3.63) is 69.6 Å². The Morgan fingerprint density at radius 3 is 2.61 bits per heavy atom. The summed E-state index contributed by atoms with van der Waals surface area (Å²) >= 11 is 9.39. The van der Waals surface area contributed by atoms with Crippen LogP contribution in [0.25, 0.3) is 17.1 Å². The first kappa shape index (κ1) is 26.2. The van der Waals surface area contributed by atoms with Crippen molar-refractivity contribution >= 4 is 46.5 Å². The Bertz CT molecular complexity index is 1460. The van der Waals surface area contributed by atoms with Gasteiger partial charge < -0.3 is 15.4 Å². The topological polar surface area (TPSA) is 116 Å². The fourth-order valence-corrected chi connectivity index (χ4v) is 6.29. The van der Waals surface area contributed by atoms with Crippen molar-refractivity contribution in [2.75, 3.05) is 20.2 Å². The summed E-state index contributed by atoms with van der Waals surface area (Å²) in [6.45, 7) is 1.00. The summed E-state index contributed by atoms with van der Waals surface area (Å²) in [5.41, 5.74) is 7.35. The van der Waals surface area contributed by atoms with Crippen molar-refractivity contribution in [1.29, 1.82) is 0 Å². The van der Waals surface area contributed by atoms with E-state index in [0.717, 1.165) is 16.3 Å². The zero-order valence-corrected chi connectivity index (χ0v) is 22.9. The molecule has 1 aliphatic heterocycles. The van der Waals surface area contributed by atoms with Gasteiger partial charge in [0.25, 0.3) is 5.91 Å². The van der Waals surface area contributed by atoms with Crippen LogP contribution in [0.4, 0.5) is 0 Å². The van der Waals surface area contributed by atoms with Crippen LogP contribution in [-0.4, -0.2) is 56.7 Å². The highest BCUT2D eigenvalue weighted by Gasteiger charge is 2.28. The quantitative estimate of drug-likeness (QED) is 0.307. The molecule has 38 heavy (non-hydrogen) atoms. The van der Waals surface area contributed by atoms with E-state index in [9.17, 15) is 9.59 Å². The third kappa shape index (κ3) is 5.40. The molecular weight excluding hydrogens is 544 g/mol. The van der Waals surface area contributed by atoms with E-state index in [4.69, 9.17) is 22.1 Å². The number of nitrogens with two attached hydrogens (primary N) is 1. The van der Waals surface area contributed by atoms with Gasteiger partial charge >= 0.3 is 0 Å². The van der Waals surface area contributed by atoms with Crippen LogP contribution in [0.5, 0.6) is 5.75 Å². The number of methoxy groups -OCH3 is 1. The van der Waals surface area contributed by atoms with Crippen molar-refractivity contribution in [3.63, 3.8) is 0 Å². The molecule has 5 rings (SSSR count). The van der Waals surface area contributed by atoms with E-state index in [1.54, 1.807) is 17.4 Å². The number of nitrogens with zero attached hydrogens (tertiary/aromatic N) is 5. The molecule has 0 unspecified atom stereocenters. The van der Waals surface area contributed by atoms with Gasteiger partial charge in [-0.1, -0.05) is 47.6 Å². The van der Waals surface area contributed by atoms with E-state index < -0.39 is 0 Å². The fourth-order valence-electron chi connectivity index (χ4n) is 4.34. The number of benzene rings is 2. The van der Waals surface area contributed by atoms with E-state index in [1.165, 1.54) is 23.1 Å². The van der Waals surface area contributed by atoms with Gasteiger partial charge in [0, 0.05) is 30.0 Å². The second kappa shape index (κ2) is 11.5. The van der Waals surface area contributed by atoms with Crippen LogP contribution in [0.1, 0.15) is 28.3 Å². The summed E-state index contributed by atoms with van der Waals surface area (Å²) in [6, 6.07) is 15.1. The molecule has 0 aliphatic carbocycles. The number of carbonyl (C=O) groups is 2. The normalized spacial score (nSPS) is 14.0. The third-order valence-corrected chi connectivity index (χ3v) is 8.66. The van der Waals surface area contributed by atoms with Crippen molar-refractivity contribution in [3.8, 4) is 22.8 Å². The Labute approximate surface area is 233 Å². The summed E-state index contributed by atoms with van der Waals surface area (Å²) in [7, 11) is 1.62. The first-order valence-corrected chi connectivity index (χ1v) is 14.2. The van der Waals surface area contributed by atoms with Gasteiger partial charge in [0.1, 0.15) is 16.5 Å². The number of hydrogen-bond acceptors (Lipinski definition) is 8. The number of rotatable bonds is 8. The monoisotopic (exact) mass is 568 g/mol. The van der Waals surface area contributed by atoms with Crippen LogP contribution < -0.4 is 10.5 Å². The van der Waals surface area contributed by atoms with Crippen LogP contribution >= 0.6 is 34.7 Å². The second-order valence-corrected chi connectivity index (χ2v) is 11.0. The molecule has 1 aliphatic rings. The first-order valence-electron chi connectivity index (χ1n) is 12.0. The van der Waals surface area contributed by atoms with E-state index in [1.807, 2.05) is 53.1 Å². The number of para-hydroxylation sites is 2. The lowest BCUT2D eigenvalue weighted by Gasteiger charge is -2.30. The number of halogens is 1. The number of ether oxygens (including phenoxy) is 1. The minimum Gasteiger partial charge on any atom is -0.495 e. The Morgan fingerprint density at radius 2 is 1.87 bits per heavy atom. The van der Waals surface area contributed by atoms with Crippen LogP contribution in [0.3, 0.4) is 0 Å². The summed E-state index contributed by atoms with van der Waals surface area (Å²) in [5.74, 6) is 1.17. The molecular formula is C26H25ClN6O3S2. The number of thiazole rings is 1. The SMILES string of the molecule is COc1ccccc1-n1c(SCc2nc(C(=O)N3CCC(C(N)=O)CC3)cs2)nnc1-c1ccccc1Cl. The largest absolute Gasteiger partial charge is 0.495 e. The lowest BCUT2D eigenvalue weighted by atomic mass is 9.96. The number of hydrogen-bond donors (Lipinski definition) is 1. The Hall–Kier alpha value is -3.41. The number of piperidine rings is 1. The number of amides is 2. The molecule has 0 radical (unpaired) electrons. The van der Waals surface area contributed by atoms with Gasteiger partial charge in [-0.25, -0.2) is 4.98 Å². The maximum Gasteiger partial charge on any atom is 0.273 e. The maximum absolute atomic E-state index is 13.0. The Morgan fingerprint density at radius 1 is 1.13 bits per heavy atom. The minimum absolute atomic E-state index is 0.126. The van der Waals surface area contributed by atoms with Crippen LogP contribution in [0.15, 0.2) is 59.1 Å². The molecule has 3 heterocycles. The Balaban J connectivity index is 1.37. The average molecular weight is 569 g/mol. The number of aromatic nitrogens is 4. The van der Waals surface area contributed by atoms with Gasteiger partial charge in [0.15, 0.2) is 11.0 Å². The van der Waals surface area contributed by atoms with Gasteiger partial charge in [-0.3, -0.25) is 14.2 Å². The second-order valence-electron chi connectivity index (χ2n) is 8.68.